The zero-order valence-corrected chi connectivity index (χ0v) is 23.2. The van der Waals surface area contributed by atoms with Gasteiger partial charge < -0.3 is 10.6 Å². The van der Waals surface area contributed by atoms with Crippen LogP contribution in [0.2, 0.25) is 5.02 Å². The summed E-state index contributed by atoms with van der Waals surface area (Å²) in [7, 11) is -3.03. The highest BCUT2D eigenvalue weighted by atomic mass is 127. The van der Waals surface area contributed by atoms with Crippen LogP contribution in [-0.4, -0.2) is 32.9 Å². The molecule has 4 N–H and O–H groups in total. The third-order valence-electron chi connectivity index (χ3n) is 5.05. The Morgan fingerprint density at radius 3 is 2.50 bits per heavy atom. The molecular formula is C23H19ClF4IN5O3S. The Labute approximate surface area is 234 Å². The van der Waals surface area contributed by atoms with Gasteiger partial charge in [0, 0.05) is 29.8 Å². The summed E-state index contributed by atoms with van der Waals surface area (Å²) in [4.78, 5) is 16.4. The number of anilines is 3. The molecule has 0 aliphatic heterocycles. The molecule has 3 rings (SSSR count). The molecule has 0 saturated carbocycles. The van der Waals surface area contributed by atoms with Gasteiger partial charge in [0.25, 0.3) is 16.1 Å². The van der Waals surface area contributed by atoms with Crippen LogP contribution in [0.1, 0.15) is 21.5 Å². The predicted molar refractivity (Wildman–Crippen MR) is 145 cm³/mol. The zero-order chi connectivity index (χ0) is 28.2. The third-order valence-corrected chi connectivity index (χ3v) is 7.58. The number of benzene rings is 2. The monoisotopic (exact) mass is 683 g/mol. The van der Waals surface area contributed by atoms with Gasteiger partial charge in [-0.15, -0.1) is 6.58 Å². The summed E-state index contributed by atoms with van der Waals surface area (Å²) in [6, 6.07) is 4.33. The summed E-state index contributed by atoms with van der Waals surface area (Å²) in [6.45, 7) is 3.45. The van der Waals surface area contributed by atoms with Crippen LogP contribution in [0.3, 0.4) is 0 Å². The van der Waals surface area contributed by atoms with Crippen molar-refractivity contribution in [2.45, 2.75) is 6.42 Å². The smallest absolute Gasteiger partial charge is 0.300 e. The second-order valence-electron chi connectivity index (χ2n) is 7.58. The van der Waals surface area contributed by atoms with E-state index in [-0.39, 0.29) is 22.8 Å². The number of pyridine rings is 1. The number of hydrogen-bond acceptors (Lipinski definition) is 5. The molecule has 1 heterocycles. The molecule has 1 aromatic heterocycles. The summed E-state index contributed by atoms with van der Waals surface area (Å²) >= 11 is 7.81. The molecule has 0 radical (unpaired) electrons. The number of hydrogen-bond donors (Lipinski definition) is 4. The van der Waals surface area contributed by atoms with E-state index in [1.807, 2.05) is 9.44 Å². The Morgan fingerprint density at radius 1 is 1.13 bits per heavy atom. The zero-order valence-electron chi connectivity index (χ0n) is 19.4. The number of aromatic nitrogens is 1. The Hall–Kier alpha value is -2.95. The van der Waals surface area contributed by atoms with Crippen molar-refractivity contribution in [2.75, 3.05) is 23.6 Å². The van der Waals surface area contributed by atoms with Gasteiger partial charge in [0.15, 0.2) is 23.3 Å². The number of rotatable bonds is 10. The van der Waals surface area contributed by atoms with Crippen molar-refractivity contribution in [3.63, 3.8) is 0 Å². The molecule has 1 amide bonds. The highest BCUT2D eigenvalue weighted by Gasteiger charge is 2.25. The second kappa shape index (κ2) is 12.3. The van der Waals surface area contributed by atoms with Crippen LogP contribution in [0.4, 0.5) is 34.8 Å². The Kier molecular flexibility index (Phi) is 9.56. The van der Waals surface area contributed by atoms with E-state index in [2.05, 4.69) is 22.2 Å². The molecule has 202 valence electrons. The van der Waals surface area contributed by atoms with Crippen LogP contribution in [0.15, 0.2) is 43.1 Å². The number of halogens is 6. The molecule has 15 heteroatoms. The van der Waals surface area contributed by atoms with Crippen molar-refractivity contribution in [3.8, 4) is 0 Å². The SMILES string of the molecule is C=CCNC(=O)c1cc(Cc2ccnc(NS(=O)(=O)NC)c2F)c(F)c(F)c1Nc1cc(Cl)c(I)cc1F. The van der Waals surface area contributed by atoms with E-state index in [4.69, 9.17) is 11.6 Å². The van der Waals surface area contributed by atoms with Crippen molar-refractivity contribution in [1.29, 1.82) is 0 Å². The molecule has 38 heavy (non-hydrogen) atoms. The van der Waals surface area contributed by atoms with E-state index in [0.717, 1.165) is 37.5 Å². The van der Waals surface area contributed by atoms with Gasteiger partial charge in [-0.2, -0.15) is 8.42 Å². The molecule has 0 aliphatic carbocycles. The standard InChI is InChI=1S/C23H19ClF4IN5O3S/c1-3-5-32-23(35)13-8-12(7-11-4-6-31-22(19(11)27)34-38(36,37)30-2)18(26)20(28)21(13)33-17-9-14(24)16(29)10-15(17)25/h3-4,6,8-10,30,33H,1,5,7H2,2H3,(H,31,34)(H,32,35). The topological polar surface area (TPSA) is 112 Å². The van der Waals surface area contributed by atoms with Gasteiger partial charge in [0.1, 0.15) is 5.82 Å². The van der Waals surface area contributed by atoms with Gasteiger partial charge >= 0.3 is 0 Å². The Balaban J connectivity index is 2.11. The molecule has 8 nitrogen and oxygen atoms in total. The van der Waals surface area contributed by atoms with Gasteiger partial charge in [-0.05, 0) is 58.0 Å². The minimum absolute atomic E-state index is 0.0235. The first-order valence-corrected chi connectivity index (χ1v) is 13.5. The molecule has 0 bridgehead atoms. The fourth-order valence-electron chi connectivity index (χ4n) is 3.20. The average Bonchev–Trinajstić information content (AvgIpc) is 2.87. The number of amides is 1. The highest BCUT2D eigenvalue weighted by molar-refractivity contribution is 14.1. The number of carbonyl (C=O) groups excluding carboxylic acids is 1. The molecule has 3 aromatic rings. The summed E-state index contributed by atoms with van der Waals surface area (Å²) in [6.07, 6.45) is 1.83. The average molecular weight is 684 g/mol. The first-order valence-electron chi connectivity index (χ1n) is 10.5. The van der Waals surface area contributed by atoms with Crippen LogP contribution in [-0.2, 0) is 16.6 Å². The Morgan fingerprint density at radius 2 is 1.84 bits per heavy atom. The Bertz CT molecular complexity index is 1530. The molecule has 0 atom stereocenters. The lowest BCUT2D eigenvalue weighted by atomic mass is 9.99. The van der Waals surface area contributed by atoms with Gasteiger partial charge in [0.05, 0.1) is 22.0 Å². The van der Waals surface area contributed by atoms with Crippen LogP contribution in [0.25, 0.3) is 0 Å². The van der Waals surface area contributed by atoms with E-state index in [9.17, 15) is 22.0 Å². The summed E-state index contributed by atoms with van der Waals surface area (Å²) in [5.74, 6) is -6.49. The number of nitrogens with one attached hydrogen (secondary N) is 4. The van der Waals surface area contributed by atoms with E-state index in [0.29, 0.717) is 3.57 Å². The van der Waals surface area contributed by atoms with Crippen molar-refractivity contribution in [1.82, 2.24) is 15.0 Å². The number of nitrogens with zero attached hydrogens (tertiary/aromatic N) is 1. The van der Waals surface area contributed by atoms with Gasteiger partial charge in [-0.3, -0.25) is 9.52 Å². The summed E-state index contributed by atoms with van der Waals surface area (Å²) in [5, 5.41) is 4.94. The molecular weight excluding hydrogens is 665 g/mol. The van der Waals surface area contributed by atoms with Crippen LogP contribution in [0.5, 0.6) is 0 Å². The first kappa shape index (κ1) is 29.6. The lowest BCUT2D eigenvalue weighted by Crippen LogP contribution is -2.27. The molecule has 0 saturated heterocycles. The van der Waals surface area contributed by atoms with E-state index in [1.54, 1.807) is 22.6 Å². The highest BCUT2D eigenvalue weighted by Crippen LogP contribution is 2.33. The van der Waals surface area contributed by atoms with Gasteiger partial charge in [-0.1, -0.05) is 17.7 Å². The molecule has 0 unspecified atom stereocenters. The number of carbonyl (C=O) groups is 1. The van der Waals surface area contributed by atoms with E-state index < -0.39 is 68.4 Å². The maximum absolute atomic E-state index is 15.4. The molecule has 2 aromatic carbocycles. The quantitative estimate of drug-likeness (QED) is 0.104. The second-order valence-corrected chi connectivity index (χ2v) is 10.8. The van der Waals surface area contributed by atoms with Crippen molar-refractivity contribution >= 4 is 67.5 Å². The fraction of sp³-hybridized carbons (Fsp3) is 0.130. The maximum Gasteiger partial charge on any atom is 0.300 e. The van der Waals surface area contributed by atoms with Crippen LogP contribution >= 0.6 is 34.2 Å². The van der Waals surface area contributed by atoms with Gasteiger partial charge in [0.2, 0.25) is 0 Å². The predicted octanol–water partition coefficient (Wildman–Crippen LogP) is 5.02. The van der Waals surface area contributed by atoms with E-state index in [1.165, 1.54) is 6.08 Å². The molecule has 0 spiro atoms. The van der Waals surface area contributed by atoms with Gasteiger partial charge in [-0.25, -0.2) is 27.3 Å². The minimum atomic E-state index is -4.12. The lowest BCUT2D eigenvalue weighted by molar-refractivity contribution is 0.0958. The maximum atomic E-state index is 15.4. The summed E-state index contributed by atoms with van der Waals surface area (Å²) < 4.78 is 87.6. The third kappa shape index (κ3) is 6.73. The van der Waals surface area contributed by atoms with Crippen molar-refractivity contribution < 1.29 is 30.8 Å². The first-order chi connectivity index (χ1) is 17.9. The normalized spacial score (nSPS) is 11.2. The van der Waals surface area contributed by atoms with Crippen LogP contribution in [0, 0.1) is 26.8 Å². The van der Waals surface area contributed by atoms with Crippen molar-refractivity contribution in [3.05, 3.63) is 91.7 Å². The molecule has 0 fully saturated rings. The summed E-state index contributed by atoms with van der Waals surface area (Å²) in [5.41, 5.74) is -2.10. The lowest BCUT2D eigenvalue weighted by Gasteiger charge is -2.17. The van der Waals surface area contributed by atoms with Crippen LogP contribution < -0.4 is 20.1 Å². The fourth-order valence-corrected chi connectivity index (χ4v) is 4.29. The van der Waals surface area contributed by atoms with E-state index >= 15 is 8.78 Å². The molecule has 0 aliphatic rings. The van der Waals surface area contributed by atoms with Crippen molar-refractivity contribution in [2.24, 2.45) is 0 Å². The minimum Gasteiger partial charge on any atom is -0.350 e. The largest absolute Gasteiger partial charge is 0.350 e.